The minimum absolute atomic E-state index is 0.627. The molecule has 0 bridgehead atoms. The van der Waals surface area contributed by atoms with Crippen LogP contribution in [0.3, 0.4) is 0 Å². The van der Waals surface area contributed by atoms with E-state index in [1.807, 2.05) is 23.0 Å². The van der Waals surface area contributed by atoms with Crippen LogP contribution < -0.4 is 10.6 Å². The molecule has 2 aromatic rings. The molecule has 0 unspecified atom stereocenters. The summed E-state index contributed by atoms with van der Waals surface area (Å²) in [6.45, 7) is 1.77. The quantitative estimate of drug-likeness (QED) is 0.733. The summed E-state index contributed by atoms with van der Waals surface area (Å²) < 4.78 is 1.92. The highest BCUT2D eigenvalue weighted by Crippen LogP contribution is 2.04. The lowest BCUT2D eigenvalue weighted by Crippen LogP contribution is -2.08. The third kappa shape index (κ3) is 3.44. The summed E-state index contributed by atoms with van der Waals surface area (Å²) in [5.74, 6) is 1.46. The Morgan fingerprint density at radius 3 is 3.06 bits per heavy atom. The van der Waals surface area contributed by atoms with Gasteiger partial charge in [0.15, 0.2) is 0 Å². The van der Waals surface area contributed by atoms with Crippen LogP contribution in [0.5, 0.6) is 0 Å². The summed E-state index contributed by atoms with van der Waals surface area (Å²) in [5, 5.41) is 10.3. The first-order chi connectivity index (χ1) is 8.38. The van der Waals surface area contributed by atoms with Crippen LogP contribution in [0, 0.1) is 0 Å². The van der Waals surface area contributed by atoms with Crippen molar-refractivity contribution in [2.75, 3.05) is 24.2 Å². The zero-order chi connectivity index (χ0) is 11.9. The molecule has 0 aliphatic carbocycles. The number of nitrogens with one attached hydrogen (secondary N) is 2. The average Bonchev–Trinajstić information content (AvgIpc) is 2.88. The van der Waals surface area contributed by atoms with Gasteiger partial charge in [-0.1, -0.05) is 0 Å². The van der Waals surface area contributed by atoms with E-state index in [0.717, 1.165) is 25.3 Å². The molecule has 6 heteroatoms. The first-order valence-electron chi connectivity index (χ1n) is 5.60. The SMILES string of the molecule is CNc1nccc(NCCCn2cccn2)n1. The number of hydrogen-bond donors (Lipinski definition) is 2. The Morgan fingerprint density at radius 1 is 1.35 bits per heavy atom. The molecule has 2 heterocycles. The molecule has 0 aromatic carbocycles. The number of rotatable bonds is 6. The molecule has 0 spiro atoms. The van der Waals surface area contributed by atoms with Crippen LogP contribution in [0.2, 0.25) is 0 Å². The van der Waals surface area contributed by atoms with Gasteiger partial charge >= 0.3 is 0 Å². The van der Waals surface area contributed by atoms with Gasteiger partial charge in [0.25, 0.3) is 0 Å². The van der Waals surface area contributed by atoms with Gasteiger partial charge in [0, 0.05) is 38.7 Å². The molecule has 6 nitrogen and oxygen atoms in total. The van der Waals surface area contributed by atoms with E-state index in [-0.39, 0.29) is 0 Å². The Morgan fingerprint density at radius 2 is 2.29 bits per heavy atom. The largest absolute Gasteiger partial charge is 0.370 e. The Kier molecular flexibility index (Phi) is 3.90. The van der Waals surface area contributed by atoms with Crippen LogP contribution in [0.25, 0.3) is 0 Å². The molecule has 2 aromatic heterocycles. The second kappa shape index (κ2) is 5.83. The molecule has 2 rings (SSSR count). The molecule has 90 valence electrons. The zero-order valence-corrected chi connectivity index (χ0v) is 9.80. The molecule has 2 N–H and O–H groups in total. The summed E-state index contributed by atoms with van der Waals surface area (Å²) in [6.07, 6.45) is 6.48. The third-order valence-corrected chi connectivity index (χ3v) is 2.31. The van der Waals surface area contributed by atoms with Crippen molar-refractivity contribution in [3.8, 4) is 0 Å². The van der Waals surface area contributed by atoms with Crippen LogP contribution in [0.1, 0.15) is 6.42 Å². The zero-order valence-electron chi connectivity index (χ0n) is 9.80. The van der Waals surface area contributed by atoms with Crippen molar-refractivity contribution in [1.29, 1.82) is 0 Å². The number of anilines is 2. The van der Waals surface area contributed by atoms with Crippen LogP contribution in [0.4, 0.5) is 11.8 Å². The highest BCUT2D eigenvalue weighted by molar-refractivity contribution is 5.38. The predicted octanol–water partition coefficient (Wildman–Crippen LogP) is 1.22. The number of hydrogen-bond acceptors (Lipinski definition) is 5. The molecule has 0 aliphatic heterocycles. The second-order valence-corrected chi connectivity index (χ2v) is 3.56. The van der Waals surface area contributed by atoms with E-state index in [2.05, 4.69) is 25.7 Å². The average molecular weight is 232 g/mol. The number of aryl methyl sites for hydroxylation is 1. The van der Waals surface area contributed by atoms with Crippen molar-refractivity contribution < 1.29 is 0 Å². The van der Waals surface area contributed by atoms with Crippen molar-refractivity contribution in [1.82, 2.24) is 19.7 Å². The summed E-state index contributed by atoms with van der Waals surface area (Å²) >= 11 is 0. The van der Waals surface area contributed by atoms with Crippen LogP contribution in [-0.4, -0.2) is 33.3 Å². The van der Waals surface area contributed by atoms with E-state index in [9.17, 15) is 0 Å². The predicted molar refractivity (Wildman–Crippen MR) is 66.9 cm³/mol. The Hall–Kier alpha value is -2.11. The van der Waals surface area contributed by atoms with Crippen molar-refractivity contribution >= 4 is 11.8 Å². The molecular formula is C11H16N6. The Labute approximate surface area is 100 Å². The van der Waals surface area contributed by atoms with E-state index in [1.165, 1.54) is 0 Å². The molecule has 0 saturated heterocycles. The fourth-order valence-corrected chi connectivity index (χ4v) is 1.47. The van der Waals surface area contributed by atoms with E-state index in [0.29, 0.717) is 5.95 Å². The lowest BCUT2D eigenvalue weighted by atomic mass is 10.4. The van der Waals surface area contributed by atoms with Gasteiger partial charge in [-0.25, -0.2) is 4.98 Å². The van der Waals surface area contributed by atoms with Crippen molar-refractivity contribution in [2.45, 2.75) is 13.0 Å². The van der Waals surface area contributed by atoms with Crippen LogP contribution in [0.15, 0.2) is 30.7 Å². The third-order valence-electron chi connectivity index (χ3n) is 2.31. The summed E-state index contributed by atoms with van der Waals surface area (Å²) in [7, 11) is 1.80. The lowest BCUT2D eigenvalue weighted by Gasteiger charge is -2.06. The maximum Gasteiger partial charge on any atom is 0.224 e. The van der Waals surface area contributed by atoms with Gasteiger partial charge in [0.2, 0.25) is 5.95 Å². The fourth-order valence-electron chi connectivity index (χ4n) is 1.47. The van der Waals surface area contributed by atoms with E-state index in [4.69, 9.17) is 0 Å². The van der Waals surface area contributed by atoms with Crippen LogP contribution in [-0.2, 0) is 6.54 Å². The highest BCUT2D eigenvalue weighted by atomic mass is 15.3. The number of nitrogens with zero attached hydrogens (tertiary/aromatic N) is 4. The summed E-state index contributed by atoms with van der Waals surface area (Å²) in [6, 6.07) is 3.78. The fraction of sp³-hybridized carbons (Fsp3) is 0.364. The first kappa shape index (κ1) is 11.4. The lowest BCUT2D eigenvalue weighted by molar-refractivity contribution is 0.591. The van der Waals surface area contributed by atoms with Gasteiger partial charge in [0.1, 0.15) is 5.82 Å². The van der Waals surface area contributed by atoms with Gasteiger partial charge in [-0.2, -0.15) is 10.1 Å². The topological polar surface area (TPSA) is 67.7 Å². The van der Waals surface area contributed by atoms with Gasteiger partial charge < -0.3 is 10.6 Å². The molecule has 0 amide bonds. The molecule has 0 atom stereocenters. The molecule has 0 fully saturated rings. The molecule has 0 radical (unpaired) electrons. The van der Waals surface area contributed by atoms with Gasteiger partial charge in [-0.15, -0.1) is 0 Å². The molecule has 17 heavy (non-hydrogen) atoms. The highest BCUT2D eigenvalue weighted by Gasteiger charge is 1.96. The van der Waals surface area contributed by atoms with Crippen molar-refractivity contribution in [2.24, 2.45) is 0 Å². The minimum atomic E-state index is 0.627. The molecule has 0 saturated carbocycles. The smallest absolute Gasteiger partial charge is 0.224 e. The first-order valence-corrected chi connectivity index (χ1v) is 5.60. The molecule has 0 aliphatic rings. The maximum atomic E-state index is 4.27. The Bertz CT molecular complexity index is 439. The van der Waals surface area contributed by atoms with E-state index >= 15 is 0 Å². The normalized spacial score (nSPS) is 10.2. The summed E-state index contributed by atoms with van der Waals surface area (Å²) in [5.41, 5.74) is 0. The van der Waals surface area contributed by atoms with Gasteiger partial charge in [-0.3, -0.25) is 4.68 Å². The van der Waals surface area contributed by atoms with Crippen molar-refractivity contribution in [3.05, 3.63) is 30.7 Å². The molecular weight excluding hydrogens is 216 g/mol. The monoisotopic (exact) mass is 232 g/mol. The standard InChI is InChI=1S/C11H16N6/c1-12-11-14-7-4-10(16-11)13-5-2-8-17-9-3-6-15-17/h3-4,6-7,9H,2,5,8H2,1H3,(H2,12,13,14,16). The van der Waals surface area contributed by atoms with Gasteiger partial charge in [0.05, 0.1) is 0 Å². The van der Waals surface area contributed by atoms with Gasteiger partial charge in [-0.05, 0) is 18.6 Å². The second-order valence-electron chi connectivity index (χ2n) is 3.56. The summed E-state index contributed by atoms with van der Waals surface area (Å²) in [4.78, 5) is 8.32. The number of aromatic nitrogens is 4. The van der Waals surface area contributed by atoms with E-state index in [1.54, 1.807) is 19.4 Å². The van der Waals surface area contributed by atoms with E-state index < -0.39 is 0 Å². The van der Waals surface area contributed by atoms with Crippen LogP contribution >= 0.6 is 0 Å². The maximum absolute atomic E-state index is 4.27. The Balaban J connectivity index is 1.74. The minimum Gasteiger partial charge on any atom is -0.370 e. The van der Waals surface area contributed by atoms with Crippen molar-refractivity contribution in [3.63, 3.8) is 0 Å².